The Morgan fingerprint density at radius 1 is 0.567 bits per heavy atom. The Labute approximate surface area is 393 Å². The zero-order valence-corrected chi connectivity index (χ0v) is 37.9. The maximum Gasteiger partial charge on any atom is 0.314 e. The van der Waals surface area contributed by atoms with Crippen LogP contribution < -0.4 is 20.9 Å². The third-order valence-corrected chi connectivity index (χ3v) is 12.6. The van der Waals surface area contributed by atoms with Crippen molar-refractivity contribution in [3.8, 4) is 11.5 Å². The first-order chi connectivity index (χ1) is 32.2. The molecule has 0 aliphatic heterocycles. The second-order valence-electron chi connectivity index (χ2n) is 17.6. The molecule has 12 nitrogen and oxygen atoms in total. The lowest BCUT2D eigenvalue weighted by Gasteiger charge is -2.42. The molecule has 0 atom stereocenters. The minimum atomic E-state index is -3.08. The quantitative estimate of drug-likeness (QED) is 0.0147. The summed E-state index contributed by atoms with van der Waals surface area (Å²) in [6, 6.07) is 26.8. The van der Waals surface area contributed by atoms with Crippen molar-refractivity contribution in [2.24, 2.45) is 17.3 Å². The summed E-state index contributed by atoms with van der Waals surface area (Å²) in [5.74, 6) is -4.95. The number of carbonyl (C=O) groups excluding carboxylic acids is 4. The van der Waals surface area contributed by atoms with Crippen LogP contribution >= 0.6 is 0 Å². The molecule has 0 unspecified atom stereocenters. The molecule has 67 heavy (non-hydrogen) atoms. The highest BCUT2D eigenvalue weighted by Gasteiger charge is 2.54. The smallest absolute Gasteiger partial charge is 0.314 e. The fourth-order valence-corrected chi connectivity index (χ4v) is 8.77. The lowest BCUT2D eigenvalue weighted by molar-refractivity contribution is -0.230. The molecule has 0 radical (unpaired) electrons. The standard InChI is InChI=1S/C55H62N2O10/c1-3-33-64-47-28-15-42(16-29-47)52(60)66-49-24-10-38(11-25-49)9-23-46(58)37-54(35-40-5-19-44(56)20-6-40,36-41-7-21-45(57)22-8-41)55(62,63)51(59)32-14-39-12-26-50(27-13-39)67-53(61)43-17-30-48(31-18-43)65-34-4-2/h3-14,19-27,32,42-43,47-48,62-63H,1-2,15-18,28-31,33-37,56-57H2/b23-9+,32-14+. The van der Waals surface area contributed by atoms with Crippen LogP contribution in [-0.2, 0) is 41.5 Å². The van der Waals surface area contributed by atoms with E-state index < -0.39 is 29.2 Å². The molecule has 0 saturated heterocycles. The molecule has 4 aromatic carbocycles. The van der Waals surface area contributed by atoms with E-state index in [2.05, 4.69) is 13.2 Å². The Morgan fingerprint density at radius 2 is 0.955 bits per heavy atom. The van der Waals surface area contributed by atoms with Gasteiger partial charge in [0.25, 0.3) is 0 Å². The van der Waals surface area contributed by atoms with E-state index in [1.165, 1.54) is 12.2 Å². The number of hydrogen-bond acceptors (Lipinski definition) is 12. The number of aliphatic hydroxyl groups is 2. The lowest BCUT2D eigenvalue weighted by Crippen LogP contribution is -2.57. The van der Waals surface area contributed by atoms with Gasteiger partial charge in [0.1, 0.15) is 11.5 Å². The number of rotatable bonds is 22. The summed E-state index contributed by atoms with van der Waals surface area (Å²) in [5.41, 5.74) is 13.6. The lowest BCUT2D eigenvalue weighted by atomic mass is 9.65. The van der Waals surface area contributed by atoms with Gasteiger partial charge in [-0.25, -0.2) is 0 Å². The van der Waals surface area contributed by atoms with Gasteiger partial charge in [-0.15, -0.1) is 13.2 Å². The molecule has 2 fully saturated rings. The molecule has 6 rings (SSSR count). The number of hydrogen-bond donors (Lipinski definition) is 4. The average Bonchev–Trinajstić information content (AvgIpc) is 3.33. The van der Waals surface area contributed by atoms with Crippen LogP contribution in [0.2, 0.25) is 0 Å². The molecule has 2 saturated carbocycles. The van der Waals surface area contributed by atoms with Crippen LogP contribution in [-0.4, -0.2) is 64.9 Å². The van der Waals surface area contributed by atoms with Gasteiger partial charge < -0.3 is 40.6 Å². The zero-order valence-electron chi connectivity index (χ0n) is 37.9. The second-order valence-corrected chi connectivity index (χ2v) is 17.6. The molecule has 12 heteroatoms. The zero-order chi connectivity index (χ0) is 47.8. The van der Waals surface area contributed by atoms with Crippen LogP contribution in [0.4, 0.5) is 11.4 Å². The van der Waals surface area contributed by atoms with Crippen LogP contribution in [0.1, 0.15) is 80.0 Å². The third kappa shape index (κ3) is 14.3. The van der Waals surface area contributed by atoms with Gasteiger partial charge in [0, 0.05) is 23.2 Å². The van der Waals surface area contributed by atoms with Crippen LogP contribution in [0.15, 0.2) is 135 Å². The van der Waals surface area contributed by atoms with E-state index in [0.29, 0.717) is 84.0 Å². The summed E-state index contributed by atoms with van der Waals surface area (Å²) in [4.78, 5) is 54.2. The maximum atomic E-state index is 14.2. The molecule has 4 aromatic rings. The molecule has 6 N–H and O–H groups in total. The largest absolute Gasteiger partial charge is 0.426 e. The summed E-state index contributed by atoms with van der Waals surface area (Å²) >= 11 is 0. The molecule has 0 heterocycles. The van der Waals surface area contributed by atoms with Gasteiger partial charge in [-0.05, 0) is 147 Å². The summed E-state index contributed by atoms with van der Waals surface area (Å²) in [6.07, 6.45) is 14.2. The van der Waals surface area contributed by atoms with Crippen molar-refractivity contribution < 1.29 is 48.3 Å². The summed E-state index contributed by atoms with van der Waals surface area (Å²) in [6.45, 7) is 8.33. The number of benzene rings is 4. The van der Waals surface area contributed by atoms with Crippen molar-refractivity contribution in [2.75, 3.05) is 24.7 Å². The predicted molar refractivity (Wildman–Crippen MR) is 259 cm³/mol. The summed E-state index contributed by atoms with van der Waals surface area (Å²) < 4.78 is 22.8. The minimum absolute atomic E-state index is 0.100. The number of anilines is 2. The highest BCUT2D eigenvalue weighted by molar-refractivity contribution is 6.01. The van der Waals surface area contributed by atoms with E-state index in [0.717, 1.165) is 31.8 Å². The molecule has 352 valence electrons. The van der Waals surface area contributed by atoms with Gasteiger partial charge >= 0.3 is 11.9 Å². The first-order valence-electron chi connectivity index (χ1n) is 22.9. The fraction of sp³-hybridized carbons (Fsp3) is 0.345. The van der Waals surface area contributed by atoms with Crippen LogP contribution in [0, 0.1) is 17.3 Å². The SMILES string of the molecule is C=CCOC1CCC(C(=O)Oc2ccc(/C=C/C(=O)CC(Cc3ccc(N)cc3)(Cc3ccc(N)cc3)C(O)(O)C(=O)/C=C/c3ccc(OC(=O)C4CCC(OCC=C)CC4)cc3)cc2)CC1. The molecule has 0 spiro atoms. The van der Waals surface area contributed by atoms with Crippen molar-refractivity contribution in [1.29, 1.82) is 0 Å². The number of esters is 2. The van der Waals surface area contributed by atoms with Crippen molar-refractivity contribution in [3.63, 3.8) is 0 Å². The number of nitrogens with two attached hydrogens (primary N) is 2. The van der Waals surface area contributed by atoms with Crippen molar-refractivity contribution in [3.05, 3.63) is 157 Å². The van der Waals surface area contributed by atoms with Gasteiger partial charge in [0.05, 0.1) is 37.3 Å². The average molecular weight is 911 g/mol. The first kappa shape index (κ1) is 50.0. The Bertz CT molecular complexity index is 2310. The highest BCUT2D eigenvalue weighted by atomic mass is 16.5. The van der Waals surface area contributed by atoms with E-state index in [1.54, 1.807) is 115 Å². The van der Waals surface area contributed by atoms with E-state index in [9.17, 15) is 29.4 Å². The minimum Gasteiger partial charge on any atom is -0.426 e. The Hall–Kier alpha value is -6.44. The number of ketones is 2. The number of ether oxygens (including phenoxy) is 4. The molecule has 0 bridgehead atoms. The number of carbonyl (C=O) groups is 4. The van der Waals surface area contributed by atoms with Gasteiger partial charge in [0.2, 0.25) is 11.6 Å². The third-order valence-electron chi connectivity index (χ3n) is 12.6. The normalized spacial score (nSPS) is 18.9. The van der Waals surface area contributed by atoms with Crippen molar-refractivity contribution >= 4 is 47.0 Å². The number of allylic oxidation sites excluding steroid dienone is 1. The number of nitrogen functional groups attached to an aromatic ring is 2. The molecule has 0 aromatic heterocycles. The van der Waals surface area contributed by atoms with E-state index in [1.807, 2.05) is 0 Å². The summed E-state index contributed by atoms with van der Waals surface area (Å²) in [7, 11) is 0. The molecule has 2 aliphatic rings. The van der Waals surface area contributed by atoms with Gasteiger partial charge in [-0.2, -0.15) is 0 Å². The van der Waals surface area contributed by atoms with E-state index >= 15 is 0 Å². The predicted octanol–water partition coefficient (Wildman–Crippen LogP) is 8.59. The van der Waals surface area contributed by atoms with E-state index in [-0.39, 0.29) is 48.8 Å². The van der Waals surface area contributed by atoms with Crippen LogP contribution in [0.3, 0.4) is 0 Å². The van der Waals surface area contributed by atoms with Crippen LogP contribution in [0.5, 0.6) is 11.5 Å². The second kappa shape index (κ2) is 23.8. The molecular weight excluding hydrogens is 849 g/mol. The van der Waals surface area contributed by atoms with Gasteiger partial charge in [-0.3, -0.25) is 19.2 Å². The van der Waals surface area contributed by atoms with Gasteiger partial charge in [-0.1, -0.05) is 72.8 Å². The molecule has 0 amide bonds. The Morgan fingerprint density at radius 3 is 1.34 bits per heavy atom. The van der Waals surface area contributed by atoms with E-state index in [4.69, 9.17) is 30.4 Å². The monoisotopic (exact) mass is 910 g/mol. The first-order valence-corrected chi connectivity index (χ1v) is 22.9. The Balaban J connectivity index is 1.17. The topological polar surface area (TPSA) is 198 Å². The fourth-order valence-electron chi connectivity index (χ4n) is 8.77. The van der Waals surface area contributed by atoms with Crippen LogP contribution in [0.25, 0.3) is 12.2 Å². The highest BCUT2D eigenvalue weighted by Crippen LogP contribution is 2.43. The Kier molecular flexibility index (Phi) is 17.8. The maximum absolute atomic E-state index is 14.2. The molecule has 2 aliphatic carbocycles. The van der Waals surface area contributed by atoms with Crippen molar-refractivity contribution in [1.82, 2.24) is 0 Å². The van der Waals surface area contributed by atoms with Gasteiger partial charge in [0.15, 0.2) is 5.78 Å². The van der Waals surface area contributed by atoms with Crippen molar-refractivity contribution in [2.45, 2.75) is 88.6 Å². The molecular formula is C55H62N2O10. The summed E-state index contributed by atoms with van der Waals surface area (Å²) in [5, 5.41) is 24.4.